The quantitative estimate of drug-likeness (QED) is 0.825. The lowest BCUT2D eigenvalue weighted by molar-refractivity contribution is -0.140. The van der Waals surface area contributed by atoms with Gasteiger partial charge in [-0.2, -0.15) is 0 Å². The van der Waals surface area contributed by atoms with Gasteiger partial charge in [-0.05, 0) is 25.7 Å². The van der Waals surface area contributed by atoms with E-state index in [1.807, 2.05) is 11.8 Å². The molecule has 6 nitrogen and oxygen atoms in total. The first-order valence-electron chi connectivity index (χ1n) is 8.89. The molecule has 0 N–H and O–H groups in total. The number of amides is 1. The zero-order valence-electron chi connectivity index (χ0n) is 15.2. The highest BCUT2D eigenvalue weighted by Crippen LogP contribution is 2.31. The predicted molar refractivity (Wildman–Crippen MR) is 93.2 cm³/mol. The minimum atomic E-state index is 0.0679. The van der Waals surface area contributed by atoms with Crippen LogP contribution in [0, 0.1) is 12.8 Å². The average Bonchev–Trinajstić information content (AvgIpc) is 2.84. The number of fused-ring (bicyclic) bond motifs is 4. The van der Waals surface area contributed by atoms with Crippen LogP contribution in [-0.4, -0.2) is 60.2 Å². The van der Waals surface area contributed by atoms with Gasteiger partial charge in [0.2, 0.25) is 5.91 Å². The number of methoxy groups -OCH3 is 1. The molecule has 0 unspecified atom stereocenters. The number of aromatic nitrogens is 2. The van der Waals surface area contributed by atoms with Gasteiger partial charge in [-0.1, -0.05) is 13.8 Å². The summed E-state index contributed by atoms with van der Waals surface area (Å²) in [7, 11) is 1.68. The third-order valence-electron chi connectivity index (χ3n) is 5.09. The number of anilines is 1. The molecule has 0 radical (unpaired) electrons. The zero-order valence-corrected chi connectivity index (χ0v) is 15.2. The number of nitrogens with zero attached hydrogens (tertiary/aromatic N) is 4. The van der Waals surface area contributed by atoms with Crippen molar-refractivity contribution in [2.75, 3.05) is 38.3 Å². The van der Waals surface area contributed by atoms with E-state index in [2.05, 4.69) is 34.8 Å². The van der Waals surface area contributed by atoms with Crippen molar-refractivity contribution in [3.63, 3.8) is 0 Å². The smallest absolute Gasteiger partial charge is 0.227 e. The number of carbonyl (C=O) groups is 1. The van der Waals surface area contributed by atoms with Crippen LogP contribution in [0.25, 0.3) is 0 Å². The van der Waals surface area contributed by atoms with Gasteiger partial charge in [0.25, 0.3) is 0 Å². The molecule has 6 heteroatoms. The third-order valence-corrected chi connectivity index (χ3v) is 5.09. The van der Waals surface area contributed by atoms with Gasteiger partial charge in [-0.15, -0.1) is 0 Å². The largest absolute Gasteiger partial charge is 0.383 e. The van der Waals surface area contributed by atoms with E-state index in [0.29, 0.717) is 19.1 Å². The van der Waals surface area contributed by atoms with Crippen molar-refractivity contribution >= 4 is 11.7 Å². The summed E-state index contributed by atoms with van der Waals surface area (Å²) < 4.78 is 5.18. The van der Waals surface area contributed by atoms with Crippen LogP contribution in [0.15, 0.2) is 6.07 Å². The molecule has 0 aromatic carbocycles. The average molecular weight is 332 g/mol. The summed E-state index contributed by atoms with van der Waals surface area (Å²) in [5.74, 6) is 2.48. The Balaban J connectivity index is 1.85. The molecule has 4 rings (SSSR count). The predicted octanol–water partition coefficient (Wildman–Crippen LogP) is 1.98. The standard InChI is InChI=1S/C18H28N4O2/c1-12(2)16-9-17(20-13(3)19-16)21-10-14-5-6-15(11-21)22(18(14)23)7-8-24-4/h9,12,14-15H,5-8,10-11H2,1-4H3/t14-,15+/m0/s1. The lowest BCUT2D eigenvalue weighted by Crippen LogP contribution is -2.49. The number of rotatable bonds is 5. The number of hydrogen-bond donors (Lipinski definition) is 0. The third kappa shape index (κ3) is 3.38. The number of carbonyl (C=O) groups excluding carboxylic acids is 1. The van der Waals surface area contributed by atoms with E-state index in [0.717, 1.165) is 43.3 Å². The Labute approximate surface area is 144 Å². The number of ether oxygens (including phenoxy) is 1. The lowest BCUT2D eigenvalue weighted by Gasteiger charge is -2.35. The molecule has 4 heterocycles. The minimum absolute atomic E-state index is 0.0679. The fourth-order valence-electron chi connectivity index (χ4n) is 3.74. The molecule has 0 saturated carbocycles. The molecular weight excluding hydrogens is 304 g/mol. The second-order valence-electron chi connectivity index (χ2n) is 7.21. The minimum Gasteiger partial charge on any atom is -0.383 e. The molecule has 0 aliphatic carbocycles. The maximum atomic E-state index is 12.7. The molecule has 0 spiro atoms. The highest BCUT2D eigenvalue weighted by atomic mass is 16.5. The van der Waals surface area contributed by atoms with Crippen LogP contribution in [0.2, 0.25) is 0 Å². The molecule has 3 aliphatic rings. The summed E-state index contributed by atoms with van der Waals surface area (Å²) >= 11 is 0. The monoisotopic (exact) mass is 332 g/mol. The van der Waals surface area contributed by atoms with Gasteiger partial charge in [-0.25, -0.2) is 9.97 Å². The van der Waals surface area contributed by atoms with Gasteiger partial charge in [0.15, 0.2) is 0 Å². The first kappa shape index (κ1) is 17.1. The van der Waals surface area contributed by atoms with Crippen molar-refractivity contribution in [2.45, 2.75) is 45.6 Å². The summed E-state index contributed by atoms with van der Waals surface area (Å²) in [6.45, 7) is 9.12. The highest BCUT2D eigenvalue weighted by Gasteiger charge is 2.40. The van der Waals surface area contributed by atoms with E-state index in [4.69, 9.17) is 4.74 Å². The molecule has 3 aliphatic heterocycles. The Morgan fingerprint density at radius 3 is 2.79 bits per heavy atom. The molecule has 132 valence electrons. The van der Waals surface area contributed by atoms with Crippen molar-refractivity contribution in [3.05, 3.63) is 17.6 Å². The van der Waals surface area contributed by atoms with Crippen LogP contribution < -0.4 is 4.90 Å². The molecule has 1 aromatic rings. The maximum Gasteiger partial charge on any atom is 0.227 e. The molecule has 24 heavy (non-hydrogen) atoms. The molecule has 2 bridgehead atoms. The first-order chi connectivity index (χ1) is 11.5. The second kappa shape index (κ2) is 7.05. The summed E-state index contributed by atoms with van der Waals surface area (Å²) in [6.07, 6.45) is 2.04. The number of hydrogen-bond acceptors (Lipinski definition) is 5. The topological polar surface area (TPSA) is 58.6 Å². The van der Waals surface area contributed by atoms with E-state index in [9.17, 15) is 4.79 Å². The van der Waals surface area contributed by atoms with Crippen molar-refractivity contribution in [2.24, 2.45) is 5.92 Å². The van der Waals surface area contributed by atoms with Gasteiger partial charge in [0.1, 0.15) is 11.6 Å². The van der Waals surface area contributed by atoms with Crippen molar-refractivity contribution in [3.8, 4) is 0 Å². The van der Waals surface area contributed by atoms with Gasteiger partial charge in [0, 0.05) is 44.5 Å². The summed E-state index contributed by atoms with van der Waals surface area (Å²) in [5, 5.41) is 0. The van der Waals surface area contributed by atoms with Crippen molar-refractivity contribution in [1.82, 2.24) is 14.9 Å². The summed E-state index contributed by atoms with van der Waals surface area (Å²) in [4.78, 5) is 26.2. The van der Waals surface area contributed by atoms with Crippen molar-refractivity contribution in [1.29, 1.82) is 0 Å². The van der Waals surface area contributed by atoms with Gasteiger partial charge >= 0.3 is 0 Å². The van der Waals surface area contributed by atoms with Crippen LogP contribution in [0.4, 0.5) is 5.82 Å². The van der Waals surface area contributed by atoms with E-state index < -0.39 is 0 Å². The number of piperidine rings is 1. The Kier molecular flexibility index (Phi) is 5.04. The van der Waals surface area contributed by atoms with Gasteiger partial charge in [-0.3, -0.25) is 4.79 Å². The van der Waals surface area contributed by atoms with Crippen molar-refractivity contribution < 1.29 is 9.53 Å². The molecule has 2 atom stereocenters. The van der Waals surface area contributed by atoms with E-state index in [-0.39, 0.29) is 17.9 Å². The van der Waals surface area contributed by atoms with E-state index >= 15 is 0 Å². The molecular formula is C18H28N4O2. The van der Waals surface area contributed by atoms with Gasteiger partial charge in [0.05, 0.1) is 12.5 Å². The van der Waals surface area contributed by atoms with E-state index in [1.165, 1.54) is 0 Å². The molecule has 1 amide bonds. The van der Waals surface area contributed by atoms with Crippen LogP contribution in [-0.2, 0) is 9.53 Å². The SMILES string of the molecule is COCCN1C(=O)[C@H]2CC[C@@H]1CN(c1cc(C(C)C)nc(C)n1)C2. The number of aryl methyl sites for hydroxylation is 1. The maximum absolute atomic E-state index is 12.7. The Bertz CT molecular complexity index is 605. The highest BCUT2D eigenvalue weighted by molar-refractivity contribution is 5.81. The Morgan fingerprint density at radius 2 is 2.08 bits per heavy atom. The zero-order chi connectivity index (χ0) is 17.3. The van der Waals surface area contributed by atoms with E-state index in [1.54, 1.807) is 7.11 Å². The van der Waals surface area contributed by atoms with Crippen LogP contribution in [0.3, 0.4) is 0 Å². The molecule has 3 saturated heterocycles. The summed E-state index contributed by atoms with van der Waals surface area (Å²) in [5.41, 5.74) is 1.07. The Hall–Kier alpha value is -1.69. The van der Waals surface area contributed by atoms with Crippen LogP contribution in [0.1, 0.15) is 44.1 Å². The summed E-state index contributed by atoms with van der Waals surface area (Å²) in [6, 6.07) is 2.34. The molecule has 3 fully saturated rings. The van der Waals surface area contributed by atoms with Crippen LogP contribution in [0.5, 0.6) is 0 Å². The van der Waals surface area contributed by atoms with Gasteiger partial charge < -0.3 is 14.5 Å². The first-order valence-corrected chi connectivity index (χ1v) is 8.89. The Morgan fingerprint density at radius 1 is 1.29 bits per heavy atom. The lowest BCUT2D eigenvalue weighted by atomic mass is 9.94. The second-order valence-corrected chi connectivity index (χ2v) is 7.21. The fourth-order valence-corrected chi connectivity index (χ4v) is 3.74. The normalized spacial score (nSPS) is 24.0. The fraction of sp³-hybridized carbons (Fsp3) is 0.722. The van der Waals surface area contributed by atoms with Crippen LogP contribution >= 0.6 is 0 Å². The molecule has 1 aromatic heterocycles.